The van der Waals surface area contributed by atoms with Crippen molar-refractivity contribution < 1.29 is 22.5 Å². The molecule has 1 aliphatic rings. The maximum Gasteiger partial charge on any atom is 0.326 e. The molecule has 1 saturated heterocycles. The highest BCUT2D eigenvalue weighted by molar-refractivity contribution is 8.02. The molecular weight excluding hydrogens is 412 g/mol. The minimum atomic E-state index is -3.96. The van der Waals surface area contributed by atoms with Crippen molar-refractivity contribution in [2.45, 2.75) is 26.2 Å². The molecule has 1 fully saturated rings. The predicted molar refractivity (Wildman–Crippen MR) is 119 cm³/mol. The number of aryl methyl sites for hydroxylation is 1. The van der Waals surface area contributed by atoms with Crippen LogP contribution in [0, 0.1) is 0 Å². The molecule has 0 radical (unpaired) electrons. The fourth-order valence-corrected chi connectivity index (χ4v) is 5.14. The standard InChI is InChI=1S/C20H26N2O5S2/c1-3-4-5-6-8-13-28(2,25)14-9-7-10-17-11-12-18(19(23)15-17)22-16-20(24)21-29(22,26)27/h3-6,8,11-13,15,23H,2,7,9-10,14,16H2,1H3,(H,21,24)/b4-3-,6-5-,13-8+. The number of nitrogens with one attached hydrogen (secondary N) is 1. The molecule has 1 aromatic rings. The fraction of sp³-hybridized carbons (Fsp3) is 0.300. The van der Waals surface area contributed by atoms with Gasteiger partial charge in [0, 0.05) is 5.75 Å². The van der Waals surface area contributed by atoms with E-state index in [1.54, 1.807) is 23.6 Å². The third-order valence-electron chi connectivity index (χ3n) is 4.19. The highest BCUT2D eigenvalue weighted by Gasteiger charge is 2.35. The van der Waals surface area contributed by atoms with E-state index >= 15 is 0 Å². The van der Waals surface area contributed by atoms with E-state index < -0.39 is 25.6 Å². The van der Waals surface area contributed by atoms with Gasteiger partial charge >= 0.3 is 10.2 Å². The van der Waals surface area contributed by atoms with Crippen LogP contribution in [0.2, 0.25) is 0 Å². The molecule has 0 bridgehead atoms. The Morgan fingerprint density at radius 3 is 2.59 bits per heavy atom. The number of hydrogen-bond acceptors (Lipinski definition) is 5. The minimum absolute atomic E-state index is 0.0592. The first-order chi connectivity index (χ1) is 13.6. The van der Waals surface area contributed by atoms with E-state index in [2.05, 4.69) is 5.87 Å². The molecule has 29 heavy (non-hydrogen) atoms. The summed E-state index contributed by atoms with van der Waals surface area (Å²) in [5.74, 6) is 3.39. The van der Waals surface area contributed by atoms with Crippen molar-refractivity contribution in [3.8, 4) is 5.75 Å². The molecule has 0 aromatic heterocycles. The number of nitrogens with zero attached hydrogens (tertiary/aromatic N) is 1. The van der Waals surface area contributed by atoms with Crippen LogP contribution in [0.3, 0.4) is 0 Å². The quantitative estimate of drug-likeness (QED) is 0.350. The zero-order valence-corrected chi connectivity index (χ0v) is 17.9. The third kappa shape index (κ3) is 6.79. The average molecular weight is 439 g/mol. The van der Waals surface area contributed by atoms with Gasteiger partial charge in [0.25, 0.3) is 5.91 Å². The van der Waals surface area contributed by atoms with Gasteiger partial charge in [0.15, 0.2) is 0 Å². The molecule has 1 atom stereocenters. The van der Waals surface area contributed by atoms with E-state index in [4.69, 9.17) is 0 Å². The molecule has 2 N–H and O–H groups in total. The number of phenolic OH excluding ortho intramolecular Hbond substituents is 1. The molecule has 0 spiro atoms. The number of amides is 1. The van der Waals surface area contributed by atoms with Gasteiger partial charge in [0.1, 0.15) is 12.3 Å². The Balaban J connectivity index is 1.89. The van der Waals surface area contributed by atoms with Crippen LogP contribution in [-0.4, -0.2) is 41.8 Å². The molecule has 1 heterocycles. The molecule has 2 rings (SSSR count). The minimum Gasteiger partial charge on any atom is -0.506 e. The Morgan fingerprint density at radius 1 is 1.24 bits per heavy atom. The molecule has 9 heteroatoms. The molecule has 7 nitrogen and oxygen atoms in total. The highest BCUT2D eigenvalue weighted by atomic mass is 32.2. The van der Waals surface area contributed by atoms with Crippen LogP contribution in [0.15, 0.2) is 54.0 Å². The second-order valence-electron chi connectivity index (χ2n) is 6.63. The average Bonchev–Trinajstić information content (AvgIpc) is 2.90. The first-order valence-electron chi connectivity index (χ1n) is 9.11. The lowest BCUT2D eigenvalue weighted by molar-refractivity contribution is -0.117. The smallest absolute Gasteiger partial charge is 0.326 e. The Morgan fingerprint density at radius 2 is 1.97 bits per heavy atom. The molecule has 158 valence electrons. The van der Waals surface area contributed by atoms with E-state index in [-0.39, 0.29) is 18.0 Å². The number of carbonyl (C=O) groups is 1. The lowest BCUT2D eigenvalue weighted by atomic mass is 10.1. The highest BCUT2D eigenvalue weighted by Crippen LogP contribution is 2.31. The Labute approximate surface area is 172 Å². The molecule has 1 amide bonds. The van der Waals surface area contributed by atoms with Crippen LogP contribution < -0.4 is 9.03 Å². The van der Waals surface area contributed by atoms with Gasteiger partial charge in [0.2, 0.25) is 0 Å². The summed E-state index contributed by atoms with van der Waals surface area (Å²) in [7, 11) is -6.24. The number of allylic oxidation sites excluding steroid dienone is 5. The summed E-state index contributed by atoms with van der Waals surface area (Å²) < 4.78 is 38.8. The second-order valence-corrected chi connectivity index (χ2v) is 10.6. The zero-order valence-electron chi connectivity index (χ0n) is 16.3. The molecule has 1 unspecified atom stereocenters. The van der Waals surface area contributed by atoms with Gasteiger partial charge in [-0.1, -0.05) is 36.4 Å². The number of anilines is 1. The van der Waals surface area contributed by atoms with E-state index in [9.17, 15) is 22.5 Å². The van der Waals surface area contributed by atoms with Crippen LogP contribution in [-0.2, 0) is 30.9 Å². The number of rotatable bonds is 9. The first kappa shape index (κ1) is 22.8. The summed E-state index contributed by atoms with van der Waals surface area (Å²) in [5.41, 5.74) is 0.881. The lowest BCUT2D eigenvalue weighted by Crippen LogP contribution is -2.29. The monoisotopic (exact) mass is 438 g/mol. The summed E-state index contributed by atoms with van der Waals surface area (Å²) >= 11 is 0. The van der Waals surface area contributed by atoms with E-state index in [1.165, 1.54) is 12.1 Å². The first-order valence-corrected chi connectivity index (χ1v) is 12.5. The Bertz CT molecular complexity index is 1040. The lowest BCUT2D eigenvalue weighted by Gasteiger charge is -2.16. The van der Waals surface area contributed by atoms with Crippen molar-refractivity contribution in [2.24, 2.45) is 0 Å². The third-order valence-corrected chi connectivity index (χ3v) is 7.21. The van der Waals surface area contributed by atoms with E-state index in [1.807, 2.05) is 29.9 Å². The zero-order chi connectivity index (χ0) is 21.5. The predicted octanol–water partition coefficient (Wildman–Crippen LogP) is 2.26. The van der Waals surface area contributed by atoms with Crippen LogP contribution in [0.5, 0.6) is 5.75 Å². The van der Waals surface area contributed by atoms with Gasteiger partial charge in [-0.05, 0) is 64.7 Å². The van der Waals surface area contributed by atoms with Gasteiger partial charge in [-0.3, -0.25) is 9.00 Å². The maximum atomic E-state index is 12.4. The Kier molecular flexibility index (Phi) is 7.69. The normalized spacial score (nSPS) is 18.7. The summed E-state index contributed by atoms with van der Waals surface area (Å²) in [6.07, 6.45) is 11.2. The van der Waals surface area contributed by atoms with Crippen molar-refractivity contribution in [1.82, 2.24) is 4.72 Å². The number of aromatic hydroxyl groups is 1. The molecule has 1 aliphatic heterocycles. The largest absolute Gasteiger partial charge is 0.506 e. The molecule has 0 saturated carbocycles. The summed E-state index contributed by atoms with van der Waals surface area (Å²) in [6, 6.07) is 4.68. The SMILES string of the molecule is C=S(=O)(/C=C/C=C\C=C/C)CCCCc1ccc(N2CC(=O)NS2(=O)=O)c(O)c1. The van der Waals surface area contributed by atoms with Crippen molar-refractivity contribution in [3.05, 3.63) is 59.6 Å². The fourth-order valence-electron chi connectivity index (χ4n) is 2.77. The second kappa shape index (κ2) is 9.80. The van der Waals surface area contributed by atoms with Crippen LogP contribution >= 0.6 is 0 Å². The molecular formula is C20H26N2O5S2. The van der Waals surface area contributed by atoms with Gasteiger partial charge in [-0.2, -0.15) is 8.42 Å². The van der Waals surface area contributed by atoms with Gasteiger partial charge in [-0.25, -0.2) is 9.03 Å². The summed E-state index contributed by atoms with van der Waals surface area (Å²) in [5, 5.41) is 11.8. The van der Waals surface area contributed by atoms with Gasteiger partial charge in [-0.15, -0.1) is 0 Å². The van der Waals surface area contributed by atoms with Crippen LogP contribution in [0.1, 0.15) is 25.3 Å². The van der Waals surface area contributed by atoms with Crippen molar-refractivity contribution in [1.29, 1.82) is 0 Å². The van der Waals surface area contributed by atoms with Crippen molar-refractivity contribution in [3.63, 3.8) is 0 Å². The Hall–Kier alpha value is -2.52. The number of phenols is 1. The summed E-state index contributed by atoms with van der Waals surface area (Å²) in [6.45, 7) is 1.56. The van der Waals surface area contributed by atoms with E-state index in [0.29, 0.717) is 18.6 Å². The van der Waals surface area contributed by atoms with Gasteiger partial charge < -0.3 is 5.11 Å². The number of benzene rings is 1. The number of unbranched alkanes of at least 4 members (excludes halogenated alkanes) is 1. The van der Waals surface area contributed by atoms with E-state index in [0.717, 1.165) is 16.3 Å². The van der Waals surface area contributed by atoms with Crippen molar-refractivity contribution in [2.75, 3.05) is 16.6 Å². The number of carbonyl (C=O) groups excluding carboxylic acids is 1. The molecule has 0 aliphatic carbocycles. The van der Waals surface area contributed by atoms with Crippen molar-refractivity contribution >= 4 is 37.2 Å². The van der Waals surface area contributed by atoms with Gasteiger partial charge in [0.05, 0.1) is 5.69 Å². The van der Waals surface area contributed by atoms with Crippen LogP contribution in [0.25, 0.3) is 0 Å². The number of hydrogen-bond donors (Lipinski definition) is 2. The topological polar surface area (TPSA) is 104 Å². The molecule has 1 aromatic carbocycles. The van der Waals surface area contributed by atoms with Crippen LogP contribution in [0.4, 0.5) is 5.69 Å². The summed E-state index contributed by atoms with van der Waals surface area (Å²) in [4.78, 5) is 11.3. The maximum absolute atomic E-state index is 12.4.